The summed E-state index contributed by atoms with van der Waals surface area (Å²) in [4.78, 5) is 9.63. The lowest BCUT2D eigenvalue weighted by molar-refractivity contribution is 0.460. The van der Waals surface area contributed by atoms with E-state index in [1.807, 2.05) is 67.0 Å². The normalized spacial score (nSPS) is 14.4. The number of fused-ring (bicyclic) bond motifs is 4. The fourth-order valence-electron chi connectivity index (χ4n) is 6.97. The molecule has 0 bridgehead atoms. The molecule has 53 heavy (non-hydrogen) atoms. The van der Waals surface area contributed by atoms with Crippen LogP contribution in [-0.2, 0) is 16.2 Å². The summed E-state index contributed by atoms with van der Waals surface area (Å²) in [5.74, 6) is 1.73. The van der Waals surface area contributed by atoms with E-state index in [0.29, 0.717) is 28.7 Å². The lowest BCUT2D eigenvalue weighted by Gasteiger charge is -2.20. The molecule has 4 heterocycles. The van der Waals surface area contributed by atoms with E-state index in [1.54, 1.807) is 9.15 Å². The summed E-state index contributed by atoms with van der Waals surface area (Å²) in [5.41, 5.74) is 6.54. The average Bonchev–Trinajstić information content (AvgIpc) is 3.72. The summed E-state index contributed by atoms with van der Waals surface area (Å²) in [7, 11) is 0. The Morgan fingerprint density at radius 2 is 1.34 bits per heavy atom. The van der Waals surface area contributed by atoms with Crippen LogP contribution >= 0.6 is 0 Å². The molecule has 1 aliphatic rings. The number of ether oxygens (including phenoxy) is 1. The van der Waals surface area contributed by atoms with Crippen molar-refractivity contribution in [3.8, 4) is 17.4 Å². The van der Waals surface area contributed by atoms with Crippen molar-refractivity contribution in [1.82, 2.24) is 23.7 Å². The topological polar surface area (TPSA) is 46.0 Å². The van der Waals surface area contributed by atoms with E-state index in [2.05, 4.69) is 103 Å². The Kier molecular flexibility index (Phi) is 6.95. The summed E-state index contributed by atoms with van der Waals surface area (Å²) in [5, 5.41) is 2.04. The number of nitrogens with zero attached hydrogens (tertiary/aromatic N) is 5. The van der Waals surface area contributed by atoms with E-state index < -0.39 is 0 Å². The van der Waals surface area contributed by atoms with Gasteiger partial charge in [-0.25, -0.2) is 9.97 Å². The van der Waals surface area contributed by atoms with Crippen LogP contribution in [0.25, 0.3) is 27.6 Å². The first kappa shape index (κ1) is 29.7. The third-order valence-electron chi connectivity index (χ3n) is 9.86. The van der Waals surface area contributed by atoms with Crippen LogP contribution in [0.1, 0.15) is 84.5 Å². The highest BCUT2D eigenvalue weighted by atomic mass is 16.5. The largest absolute Gasteiger partial charge is 0.503 e. The number of aromatic nitrogens is 3. The molecule has 0 saturated heterocycles. The SMILES string of the molecule is [2H]c1c([2H])c([2H])c2c(c1[2H])[N+](c1cc(Oc3cc4c(cn3)c3ccccc3n4-c3cc(C(C)(C)C)ccn3)cc(C(C)(C)C)c1)=C=[N+]2c1ccccc1C(C)(C)C. The Morgan fingerprint density at radius 3 is 2.08 bits per heavy atom. The molecule has 0 atom stereocenters. The summed E-state index contributed by atoms with van der Waals surface area (Å²) < 4.78 is 47.9. The highest BCUT2D eigenvalue weighted by molar-refractivity contribution is 6.09. The Hall–Kier alpha value is -5.84. The van der Waals surface area contributed by atoms with Crippen molar-refractivity contribution in [3.05, 3.63) is 138 Å². The lowest BCUT2D eigenvalue weighted by Crippen LogP contribution is -2.15. The number of benzene rings is 4. The molecule has 1 aliphatic heterocycles. The maximum atomic E-state index is 9.15. The van der Waals surface area contributed by atoms with Crippen LogP contribution in [-0.4, -0.2) is 20.5 Å². The number of pyridine rings is 2. The van der Waals surface area contributed by atoms with Crippen molar-refractivity contribution in [1.29, 1.82) is 0 Å². The predicted octanol–water partition coefficient (Wildman–Crippen LogP) is 12.1. The van der Waals surface area contributed by atoms with E-state index in [9.17, 15) is 0 Å². The van der Waals surface area contributed by atoms with Crippen LogP contribution in [0.3, 0.4) is 0 Å². The van der Waals surface area contributed by atoms with E-state index in [0.717, 1.165) is 44.4 Å². The van der Waals surface area contributed by atoms with Gasteiger partial charge < -0.3 is 4.74 Å². The minimum Gasteiger partial charge on any atom is -0.439 e. The number of hydrogen-bond acceptors (Lipinski definition) is 3. The quantitative estimate of drug-likeness (QED) is 0.168. The maximum absolute atomic E-state index is 9.15. The zero-order valence-electron chi connectivity index (χ0n) is 35.9. The van der Waals surface area contributed by atoms with Gasteiger partial charge in [-0.2, -0.15) is 0 Å². The molecule has 0 saturated carbocycles. The summed E-state index contributed by atoms with van der Waals surface area (Å²) in [6.45, 7) is 19.3. The molecule has 0 radical (unpaired) electrons. The second kappa shape index (κ2) is 12.4. The van der Waals surface area contributed by atoms with Crippen LogP contribution in [0.2, 0.25) is 0 Å². The van der Waals surface area contributed by atoms with Gasteiger partial charge >= 0.3 is 6.01 Å². The molecular formula is C47H47N5O+2. The molecule has 0 aliphatic carbocycles. The minimum absolute atomic E-state index is 0.0610. The Balaban J connectivity index is 1.33. The summed E-state index contributed by atoms with van der Waals surface area (Å²) >= 11 is 0. The van der Waals surface area contributed by atoms with Crippen LogP contribution in [0.5, 0.6) is 11.6 Å². The van der Waals surface area contributed by atoms with Crippen LogP contribution in [0.4, 0.5) is 22.7 Å². The first-order valence-corrected chi connectivity index (χ1v) is 18.1. The van der Waals surface area contributed by atoms with Crippen LogP contribution in [0.15, 0.2) is 121 Å². The van der Waals surface area contributed by atoms with E-state index in [4.69, 9.17) is 20.2 Å². The highest BCUT2D eigenvalue weighted by Gasteiger charge is 2.39. The van der Waals surface area contributed by atoms with Gasteiger partial charge in [-0.05, 0) is 60.8 Å². The Labute approximate surface area is 318 Å². The van der Waals surface area contributed by atoms with Crippen LogP contribution < -0.4 is 13.9 Å². The summed E-state index contributed by atoms with van der Waals surface area (Å²) in [6, 6.07) is 30.9. The van der Waals surface area contributed by atoms with Gasteiger partial charge in [0.05, 0.1) is 22.6 Å². The fraction of sp³-hybridized carbons (Fsp3) is 0.255. The van der Waals surface area contributed by atoms with Gasteiger partial charge in [0.1, 0.15) is 11.6 Å². The number of hydrogen-bond donors (Lipinski definition) is 0. The zero-order chi connectivity index (χ0) is 40.8. The van der Waals surface area contributed by atoms with Crippen molar-refractivity contribution >= 4 is 50.6 Å². The molecule has 6 nitrogen and oxygen atoms in total. The molecule has 3 aromatic heterocycles. The van der Waals surface area contributed by atoms with E-state index in [1.165, 1.54) is 5.56 Å². The molecule has 4 aromatic carbocycles. The molecule has 7 aromatic rings. The van der Waals surface area contributed by atoms with Crippen molar-refractivity contribution < 1.29 is 10.2 Å². The van der Waals surface area contributed by atoms with Crippen LogP contribution in [0, 0.1) is 0 Å². The van der Waals surface area contributed by atoms with Gasteiger partial charge in [-0.3, -0.25) is 4.57 Å². The zero-order valence-corrected chi connectivity index (χ0v) is 31.9. The Bertz CT molecular complexity index is 2870. The molecule has 8 rings (SSSR count). The fourth-order valence-corrected chi connectivity index (χ4v) is 6.97. The first-order valence-electron chi connectivity index (χ1n) is 20.1. The van der Waals surface area contributed by atoms with Crippen molar-refractivity contribution in [2.75, 3.05) is 0 Å². The monoisotopic (exact) mass is 701 g/mol. The molecular weight excluding hydrogens is 651 g/mol. The predicted molar refractivity (Wildman–Crippen MR) is 220 cm³/mol. The second-order valence-electron chi connectivity index (χ2n) is 16.8. The van der Waals surface area contributed by atoms with Gasteiger partial charge in [0, 0.05) is 59.0 Å². The highest BCUT2D eigenvalue weighted by Crippen LogP contribution is 2.42. The van der Waals surface area contributed by atoms with E-state index >= 15 is 0 Å². The molecule has 0 amide bonds. The van der Waals surface area contributed by atoms with E-state index in [-0.39, 0.29) is 40.4 Å². The van der Waals surface area contributed by atoms with Gasteiger partial charge in [0.15, 0.2) is 0 Å². The lowest BCUT2D eigenvalue weighted by atomic mass is 9.85. The summed E-state index contributed by atoms with van der Waals surface area (Å²) in [6.07, 6.45) is 3.72. The average molecular weight is 702 g/mol. The molecule has 0 fully saturated rings. The van der Waals surface area contributed by atoms with Gasteiger partial charge in [0.25, 0.3) is 11.4 Å². The smallest absolute Gasteiger partial charge is 0.439 e. The van der Waals surface area contributed by atoms with Gasteiger partial charge in [-0.1, -0.05) is 111 Å². The molecule has 0 N–H and O–H groups in total. The molecule has 0 spiro atoms. The second-order valence-corrected chi connectivity index (χ2v) is 16.8. The van der Waals surface area contributed by atoms with Gasteiger partial charge in [0.2, 0.25) is 17.3 Å². The van der Waals surface area contributed by atoms with Crippen molar-refractivity contribution in [2.24, 2.45) is 0 Å². The third-order valence-corrected chi connectivity index (χ3v) is 9.86. The molecule has 264 valence electrons. The standard InChI is InChI=1S/C47H47N5O/c1-45(2,3)31-22-23-48-43(26-31)52-38-18-12-10-16-35(38)36-29-49-44(28-42(36)52)53-34-25-32(46(4,5)6)24-33(27-34)50-30-51(41-21-15-14-20-40(41)50)39-19-13-11-17-37(39)47(7,8)9/h10-29H,1-9H3/q+2/i14D,15D,20D,21D. The minimum atomic E-state index is -0.310. The maximum Gasteiger partial charge on any atom is 0.503 e. The number of rotatable bonds is 5. The van der Waals surface area contributed by atoms with Gasteiger partial charge in [-0.15, -0.1) is 0 Å². The van der Waals surface area contributed by atoms with Crippen molar-refractivity contribution in [2.45, 2.75) is 78.6 Å². The number of para-hydroxylation sites is 4. The molecule has 6 heteroatoms. The van der Waals surface area contributed by atoms with Crippen molar-refractivity contribution in [3.63, 3.8) is 0 Å². The third kappa shape index (κ3) is 6.23. The first-order chi connectivity index (χ1) is 26.8. The molecule has 0 unspecified atom stereocenters. The Morgan fingerprint density at radius 1 is 0.642 bits per heavy atom.